The molecule has 0 saturated carbocycles. The molecule has 0 saturated heterocycles. The summed E-state index contributed by atoms with van der Waals surface area (Å²) in [5, 5.41) is 12.4. The van der Waals surface area contributed by atoms with Crippen molar-refractivity contribution < 1.29 is 14.0 Å². The van der Waals surface area contributed by atoms with Crippen molar-refractivity contribution in [3.63, 3.8) is 0 Å². The van der Waals surface area contributed by atoms with E-state index in [1.54, 1.807) is 7.11 Å². The Hall–Kier alpha value is -4.58. The van der Waals surface area contributed by atoms with E-state index in [-0.39, 0.29) is 6.04 Å². The third-order valence-electron chi connectivity index (χ3n) is 7.21. The number of hydrazone groups is 1. The van der Waals surface area contributed by atoms with Crippen LogP contribution in [0.15, 0.2) is 101 Å². The van der Waals surface area contributed by atoms with E-state index in [4.69, 9.17) is 19.1 Å². The number of methoxy groups -OCH3 is 1. The molecule has 2 aliphatic rings. The first kappa shape index (κ1) is 21.7. The van der Waals surface area contributed by atoms with Crippen LogP contribution in [0.5, 0.6) is 11.5 Å². The summed E-state index contributed by atoms with van der Waals surface area (Å²) in [7, 11) is 1.68. The van der Waals surface area contributed by atoms with Gasteiger partial charge in [0.15, 0.2) is 17.3 Å². The highest BCUT2D eigenvalue weighted by atomic mass is 16.5. The molecular formula is C31H25N3O3. The van der Waals surface area contributed by atoms with Crippen molar-refractivity contribution in [2.24, 2.45) is 5.10 Å². The Bertz CT molecular complexity index is 1640. The summed E-state index contributed by atoms with van der Waals surface area (Å²) >= 11 is 0. The van der Waals surface area contributed by atoms with Gasteiger partial charge in [-0.2, -0.15) is 5.10 Å². The first-order valence-corrected chi connectivity index (χ1v) is 12.4. The smallest absolute Gasteiger partial charge is 0.214 e. The van der Waals surface area contributed by atoms with E-state index in [0.717, 1.165) is 62.5 Å². The number of nitrogens with zero attached hydrogens (tertiary/aromatic N) is 3. The molecule has 0 bridgehead atoms. The van der Waals surface area contributed by atoms with Gasteiger partial charge in [0.1, 0.15) is 5.52 Å². The number of fused-ring (bicyclic) bond motifs is 4. The Kier molecular flexibility index (Phi) is 4.99. The molecule has 1 aromatic heterocycles. The average Bonchev–Trinajstić information content (AvgIpc) is 3.58. The number of benzene rings is 4. The van der Waals surface area contributed by atoms with Crippen molar-refractivity contribution in [3.05, 3.63) is 113 Å². The number of hydrogen-bond donors (Lipinski definition) is 0. The number of rotatable bonds is 4. The number of hydrogen-bond acceptors (Lipinski definition) is 6. The molecule has 2 aliphatic heterocycles. The molecule has 0 fully saturated rings. The molecule has 5 aromatic rings. The number of ether oxygens (including phenoxy) is 2. The lowest BCUT2D eigenvalue weighted by molar-refractivity contribution is -0.0208. The second-order valence-electron chi connectivity index (χ2n) is 9.52. The second-order valence-corrected chi connectivity index (χ2v) is 9.52. The molecule has 6 nitrogen and oxygen atoms in total. The lowest BCUT2D eigenvalue weighted by Gasteiger charge is -2.38. The zero-order valence-corrected chi connectivity index (χ0v) is 20.6. The molecule has 0 spiro atoms. The van der Waals surface area contributed by atoms with Crippen LogP contribution >= 0.6 is 0 Å². The number of aromatic nitrogens is 1. The molecule has 3 heterocycles. The first-order valence-electron chi connectivity index (χ1n) is 12.4. The standard InChI is InChI=1S/C31H25N3O3/c1-19-11-13-20(14-12-19)26-18-27-23-9-6-10-28(35-2)30(23)36-31(34(27)32-26)22-15-16-25-24(17-22)29(37-33-25)21-7-4-3-5-8-21/h3-17,27,31H,18H2,1-2H3. The van der Waals surface area contributed by atoms with Crippen molar-refractivity contribution in [1.29, 1.82) is 0 Å². The van der Waals surface area contributed by atoms with E-state index in [9.17, 15) is 0 Å². The number of para-hydroxylation sites is 1. The van der Waals surface area contributed by atoms with E-state index in [0.29, 0.717) is 0 Å². The van der Waals surface area contributed by atoms with Gasteiger partial charge >= 0.3 is 0 Å². The Labute approximate surface area is 214 Å². The Morgan fingerprint density at radius 1 is 0.892 bits per heavy atom. The van der Waals surface area contributed by atoms with Crippen LogP contribution in [0, 0.1) is 6.92 Å². The highest BCUT2D eigenvalue weighted by Crippen LogP contribution is 2.51. The normalized spacial score (nSPS) is 18.2. The van der Waals surface area contributed by atoms with E-state index in [1.807, 2.05) is 54.6 Å². The molecule has 0 N–H and O–H groups in total. The van der Waals surface area contributed by atoms with Gasteiger partial charge in [0, 0.05) is 23.1 Å². The van der Waals surface area contributed by atoms with E-state index >= 15 is 0 Å². The second kappa shape index (κ2) is 8.52. The summed E-state index contributed by atoms with van der Waals surface area (Å²) in [6.07, 6.45) is 0.355. The molecular weight excluding hydrogens is 462 g/mol. The molecule has 2 atom stereocenters. The van der Waals surface area contributed by atoms with Crippen molar-refractivity contribution >= 4 is 16.6 Å². The van der Waals surface area contributed by atoms with Gasteiger partial charge in [-0.3, -0.25) is 0 Å². The molecule has 7 rings (SSSR count). The Morgan fingerprint density at radius 3 is 2.54 bits per heavy atom. The molecule has 2 unspecified atom stereocenters. The van der Waals surface area contributed by atoms with Gasteiger partial charge in [-0.1, -0.05) is 83.5 Å². The zero-order valence-electron chi connectivity index (χ0n) is 20.6. The monoisotopic (exact) mass is 487 g/mol. The summed E-state index contributed by atoms with van der Waals surface area (Å²) in [5.74, 6) is 2.24. The maximum atomic E-state index is 6.67. The summed E-state index contributed by atoms with van der Waals surface area (Å²) in [5.41, 5.74) is 7.25. The van der Waals surface area contributed by atoms with E-state index in [1.165, 1.54) is 5.56 Å². The highest BCUT2D eigenvalue weighted by Gasteiger charge is 2.42. The first-order chi connectivity index (χ1) is 18.2. The molecule has 182 valence electrons. The largest absolute Gasteiger partial charge is 0.493 e. The SMILES string of the molecule is COc1cccc2c1OC(c1ccc3noc(-c4ccccc4)c3c1)N1N=C(c3ccc(C)cc3)CC21. The molecule has 0 amide bonds. The van der Waals surface area contributed by atoms with Gasteiger partial charge in [-0.15, -0.1) is 0 Å². The third-order valence-corrected chi connectivity index (χ3v) is 7.21. The minimum Gasteiger partial charge on any atom is -0.493 e. The van der Waals surface area contributed by atoms with Gasteiger partial charge < -0.3 is 14.0 Å². The topological polar surface area (TPSA) is 60.1 Å². The van der Waals surface area contributed by atoms with E-state index in [2.05, 4.69) is 53.5 Å². The maximum Gasteiger partial charge on any atom is 0.214 e. The van der Waals surface area contributed by atoms with Crippen molar-refractivity contribution in [3.8, 4) is 22.8 Å². The van der Waals surface area contributed by atoms with Gasteiger partial charge in [0.05, 0.1) is 24.2 Å². The summed E-state index contributed by atoms with van der Waals surface area (Å²) in [6.45, 7) is 2.10. The molecule has 4 aromatic carbocycles. The summed E-state index contributed by atoms with van der Waals surface area (Å²) in [4.78, 5) is 0. The molecule has 6 heteroatoms. The van der Waals surface area contributed by atoms with E-state index < -0.39 is 6.23 Å². The van der Waals surface area contributed by atoms with Crippen LogP contribution in [-0.2, 0) is 0 Å². The maximum absolute atomic E-state index is 6.67. The van der Waals surface area contributed by atoms with Crippen molar-refractivity contribution in [2.45, 2.75) is 25.6 Å². The van der Waals surface area contributed by atoms with Crippen LogP contribution in [0.3, 0.4) is 0 Å². The van der Waals surface area contributed by atoms with Gasteiger partial charge in [0.25, 0.3) is 0 Å². The van der Waals surface area contributed by atoms with Crippen LogP contribution in [0.25, 0.3) is 22.2 Å². The van der Waals surface area contributed by atoms with Crippen LogP contribution in [-0.4, -0.2) is 23.0 Å². The van der Waals surface area contributed by atoms with Gasteiger partial charge in [0.2, 0.25) is 6.23 Å². The fraction of sp³-hybridized carbons (Fsp3) is 0.161. The summed E-state index contributed by atoms with van der Waals surface area (Å²) < 4.78 is 18.1. The lowest BCUT2D eigenvalue weighted by Crippen LogP contribution is -2.33. The minimum atomic E-state index is -0.431. The fourth-order valence-electron chi connectivity index (χ4n) is 5.30. The minimum absolute atomic E-state index is 0.0342. The van der Waals surface area contributed by atoms with Gasteiger partial charge in [-0.25, -0.2) is 5.01 Å². The van der Waals surface area contributed by atoms with Crippen molar-refractivity contribution in [2.75, 3.05) is 7.11 Å². The molecule has 37 heavy (non-hydrogen) atoms. The molecule has 0 aliphatic carbocycles. The van der Waals surface area contributed by atoms with Gasteiger partial charge in [-0.05, 0) is 30.7 Å². The number of aryl methyl sites for hydroxylation is 1. The highest BCUT2D eigenvalue weighted by molar-refractivity contribution is 6.02. The Morgan fingerprint density at radius 2 is 1.73 bits per heavy atom. The van der Waals surface area contributed by atoms with Crippen LogP contribution in [0.1, 0.15) is 40.9 Å². The lowest BCUT2D eigenvalue weighted by atomic mass is 9.95. The van der Waals surface area contributed by atoms with Crippen LogP contribution in [0.4, 0.5) is 0 Å². The average molecular weight is 488 g/mol. The zero-order chi connectivity index (χ0) is 24.9. The Balaban J connectivity index is 1.36. The quantitative estimate of drug-likeness (QED) is 0.272. The predicted octanol–water partition coefficient (Wildman–Crippen LogP) is 7.05. The molecule has 0 radical (unpaired) electrons. The van der Waals surface area contributed by atoms with Crippen LogP contribution < -0.4 is 9.47 Å². The fourth-order valence-corrected chi connectivity index (χ4v) is 5.30. The third kappa shape index (κ3) is 3.56. The van der Waals surface area contributed by atoms with Crippen LogP contribution in [0.2, 0.25) is 0 Å². The summed E-state index contributed by atoms with van der Waals surface area (Å²) in [6, 6.07) is 30.8. The van der Waals surface area contributed by atoms with Crippen molar-refractivity contribution in [1.82, 2.24) is 10.2 Å². The predicted molar refractivity (Wildman–Crippen MR) is 143 cm³/mol.